The predicted molar refractivity (Wildman–Crippen MR) is 55.8 cm³/mol. The van der Waals surface area contributed by atoms with E-state index in [2.05, 4.69) is 22.9 Å². The molecule has 0 aliphatic carbocycles. The molecule has 1 aliphatic rings. The van der Waals surface area contributed by atoms with Crippen molar-refractivity contribution in [2.24, 2.45) is 5.41 Å². The Morgan fingerprint density at radius 1 is 1.42 bits per heavy atom. The summed E-state index contributed by atoms with van der Waals surface area (Å²) in [5, 5.41) is 1.11. The largest absolute Gasteiger partial charge is 0.381 e. The molecule has 0 aromatic carbocycles. The van der Waals surface area contributed by atoms with Gasteiger partial charge in [-0.1, -0.05) is 42.1 Å². The molecule has 12 heavy (non-hydrogen) atoms. The van der Waals surface area contributed by atoms with Gasteiger partial charge in [0.05, 0.1) is 6.61 Å². The van der Waals surface area contributed by atoms with Gasteiger partial charge in [0.2, 0.25) is 0 Å². The second-order valence-corrected chi connectivity index (χ2v) is 4.45. The first-order valence-corrected chi connectivity index (χ1v) is 6.09. The smallest absolute Gasteiger partial charge is 0.0531 e. The van der Waals surface area contributed by atoms with E-state index in [-0.39, 0.29) is 0 Å². The summed E-state index contributed by atoms with van der Waals surface area (Å²) < 4.78 is 5.45. The summed E-state index contributed by atoms with van der Waals surface area (Å²) in [5.74, 6) is 0. The third kappa shape index (κ3) is 2.74. The zero-order chi connectivity index (χ0) is 8.86. The normalized spacial score (nSPS) is 29.5. The van der Waals surface area contributed by atoms with E-state index in [1.165, 1.54) is 32.1 Å². The van der Waals surface area contributed by atoms with Gasteiger partial charge in [0.25, 0.3) is 0 Å². The monoisotopic (exact) mass is 234 g/mol. The molecule has 0 aromatic heterocycles. The minimum atomic E-state index is 0.481. The van der Waals surface area contributed by atoms with Gasteiger partial charge in [-0.05, 0) is 12.8 Å². The van der Waals surface area contributed by atoms with Crippen LogP contribution in [0, 0.1) is 5.41 Å². The molecular weight excluding hydrogens is 216 g/mol. The van der Waals surface area contributed by atoms with Crippen LogP contribution in [0.4, 0.5) is 0 Å². The Morgan fingerprint density at radius 2 is 2.25 bits per heavy atom. The van der Waals surface area contributed by atoms with Crippen molar-refractivity contribution in [3.05, 3.63) is 0 Å². The number of hydrogen-bond donors (Lipinski definition) is 0. The van der Waals surface area contributed by atoms with Gasteiger partial charge in [0.1, 0.15) is 0 Å². The zero-order valence-corrected chi connectivity index (χ0v) is 9.53. The first-order chi connectivity index (χ1) is 5.83. The Kier molecular flexibility index (Phi) is 4.59. The highest BCUT2D eigenvalue weighted by molar-refractivity contribution is 9.09. The average molecular weight is 235 g/mol. The summed E-state index contributed by atoms with van der Waals surface area (Å²) >= 11 is 3.61. The third-order valence-corrected chi connectivity index (χ3v) is 3.97. The molecule has 1 unspecified atom stereocenters. The minimum absolute atomic E-state index is 0.481. The lowest BCUT2D eigenvalue weighted by atomic mass is 9.84. The maximum Gasteiger partial charge on any atom is 0.0531 e. The van der Waals surface area contributed by atoms with Crippen molar-refractivity contribution in [3.63, 3.8) is 0 Å². The van der Waals surface area contributed by atoms with E-state index in [9.17, 15) is 0 Å². The highest BCUT2D eigenvalue weighted by atomic mass is 79.9. The molecular formula is C10H19BrO. The highest BCUT2D eigenvalue weighted by Gasteiger charge is 2.32. The fourth-order valence-electron chi connectivity index (χ4n) is 1.77. The molecule has 0 saturated carbocycles. The van der Waals surface area contributed by atoms with Crippen molar-refractivity contribution in [1.29, 1.82) is 0 Å². The van der Waals surface area contributed by atoms with Crippen molar-refractivity contribution in [2.45, 2.75) is 39.0 Å². The van der Waals surface area contributed by atoms with Crippen molar-refractivity contribution >= 4 is 15.9 Å². The molecule has 1 heterocycles. The van der Waals surface area contributed by atoms with Crippen LogP contribution in [0.25, 0.3) is 0 Å². The molecule has 2 heteroatoms. The Morgan fingerprint density at radius 3 is 2.75 bits per heavy atom. The number of unbranched alkanes of at least 4 members (excludes halogenated alkanes) is 2. The lowest BCUT2D eigenvalue weighted by molar-refractivity contribution is 0.156. The molecule has 0 amide bonds. The second-order valence-electron chi connectivity index (χ2n) is 3.89. The standard InChI is InChI=1S/C10H19BrO/c1-2-3-4-5-10(8-11)6-7-12-9-10/h2-9H2,1H3. The van der Waals surface area contributed by atoms with Crippen LogP contribution < -0.4 is 0 Å². The second kappa shape index (κ2) is 5.23. The molecule has 0 aromatic rings. The van der Waals surface area contributed by atoms with Crippen LogP contribution in [0.1, 0.15) is 39.0 Å². The Labute approximate surface area is 84.0 Å². The van der Waals surface area contributed by atoms with E-state index in [0.29, 0.717) is 5.41 Å². The van der Waals surface area contributed by atoms with Crippen LogP contribution in [0.3, 0.4) is 0 Å². The van der Waals surface area contributed by atoms with Crippen molar-refractivity contribution in [2.75, 3.05) is 18.5 Å². The van der Waals surface area contributed by atoms with Crippen LogP contribution in [-0.4, -0.2) is 18.5 Å². The van der Waals surface area contributed by atoms with E-state index in [1.807, 2.05) is 0 Å². The van der Waals surface area contributed by atoms with E-state index in [1.54, 1.807) is 0 Å². The Bertz CT molecular complexity index is 119. The molecule has 0 spiro atoms. The summed E-state index contributed by atoms with van der Waals surface area (Å²) in [4.78, 5) is 0. The maximum absolute atomic E-state index is 5.45. The van der Waals surface area contributed by atoms with Crippen LogP contribution in [0.2, 0.25) is 0 Å². The van der Waals surface area contributed by atoms with Gasteiger partial charge in [0.15, 0.2) is 0 Å². The van der Waals surface area contributed by atoms with Crippen LogP contribution in [-0.2, 0) is 4.74 Å². The van der Waals surface area contributed by atoms with E-state index >= 15 is 0 Å². The third-order valence-electron chi connectivity index (χ3n) is 2.78. The van der Waals surface area contributed by atoms with Crippen LogP contribution in [0.5, 0.6) is 0 Å². The average Bonchev–Trinajstić information content (AvgIpc) is 2.55. The first-order valence-electron chi connectivity index (χ1n) is 4.97. The van der Waals surface area contributed by atoms with Gasteiger partial charge < -0.3 is 4.74 Å². The van der Waals surface area contributed by atoms with Gasteiger partial charge in [-0.25, -0.2) is 0 Å². The number of halogens is 1. The Balaban J connectivity index is 2.24. The van der Waals surface area contributed by atoms with Crippen molar-refractivity contribution < 1.29 is 4.74 Å². The van der Waals surface area contributed by atoms with Gasteiger partial charge in [-0.2, -0.15) is 0 Å². The Hall–Kier alpha value is 0.440. The van der Waals surface area contributed by atoms with Crippen molar-refractivity contribution in [1.82, 2.24) is 0 Å². The molecule has 1 atom stereocenters. The molecule has 1 fully saturated rings. The molecule has 0 N–H and O–H groups in total. The number of rotatable bonds is 5. The van der Waals surface area contributed by atoms with Gasteiger partial charge in [-0.3, -0.25) is 0 Å². The molecule has 0 radical (unpaired) electrons. The molecule has 1 rings (SSSR count). The van der Waals surface area contributed by atoms with E-state index < -0.39 is 0 Å². The minimum Gasteiger partial charge on any atom is -0.381 e. The van der Waals surface area contributed by atoms with E-state index in [0.717, 1.165) is 18.5 Å². The summed E-state index contributed by atoms with van der Waals surface area (Å²) in [7, 11) is 0. The summed E-state index contributed by atoms with van der Waals surface area (Å²) in [6, 6.07) is 0. The van der Waals surface area contributed by atoms with Crippen LogP contribution in [0.15, 0.2) is 0 Å². The lowest BCUT2D eigenvalue weighted by Crippen LogP contribution is -2.22. The SMILES string of the molecule is CCCCCC1(CBr)CCOC1. The first kappa shape index (κ1) is 10.5. The van der Waals surface area contributed by atoms with Crippen molar-refractivity contribution in [3.8, 4) is 0 Å². The van der Waals surface area contributed by atoms with Gasteiger partial charge in [0, 0.05) is 17.4 Å². The fraction of sp³-hybridized carbons (Fsp3) is 1.00. The summed E-state index contributed by atoms with van der Waals surface area (Å²) in [6.45, 7) is 4.20. The molecule has 72 valence electrons. The number of hydrogen-bond acceptors (Lipinski definition) is 1. The van der Waals surface area contributed by atoms with Gasteiger partial charge >= 0.3 is 0 Å². The number of alkyl halides is 1. The molecule has 1 aliphatic heterocycles. The predicted octanol–water partition coefficient (Wildman–Crippen LogP) is 3.37. The number of ether oxygens (including phenoxy) is 1. The quantitative estimate of drug-likeness (QED) is 0.524. The van der Waals surface area contributed by atoms with E-state index in [4.69, 9.17) is 4.74 Å². The summed E-state index contributed by atoms with van der Waals surface area (Å²) in [5.41, 5.74) is 0.481. The molecule has 1 nitrogen and oxygen atoms in total. The molecule has 1 saturated heterocycles. The molecule has 0 bridgehead atoms. The lowest BCUT2D eigenvalue weighted by Gasteiger charge is -2.24. The highest BCUT2D eigenvalue weighted by Crippen LogP contribution is 2.35. The maximum atomic E-state index is 5.45. The fourth-order valence-corrected chi connectivity index (χ4v) is 2.49. The zero-order valence-electron chi connectivity index (χ0n) is 7.94. The van der Waals surface area contributed by atoms with Crippen LogP contribution >= 0.6 is 15.9 Å². The topological polar surface area (TPSA) is 9.23 Å². The summed E-state index contributed by atoms with van der Waals surface area (Å²) in [6.07, 6.45) is 6.65. The van der Waals surface area contributed by atoms with Gasteiger partial charge in [-0.15, -0.1) is 0 Å².